The molecular weight excluding hydrogens is 330 g/mol. The van der Waals surface area contributed by atoms with Crippen LogP contribution < -0.4 is 0 Å². The first-order valence-corrected chi connectivity index (χ1v) is 9.49. The van der Waals surface area contributed by atoms with Gasteiger partial charge in [-0.2, -0.15) is 5.26 Å². The van der Waals surface area contributed by atoms with E-state index >= 15 is 0 Å². The van der Waals surface area contributed by atoms with E-state index in [0.717, 1.165) is 38.2 Å². The topological polar surface area (TPSA) is 75.5 Å². The number of likely N-dealkylation sites (tertiary alicyclic amines) is 1. The number of methoxy groups -OCH3 is 1. The summed E-state index contributed by atoms with van der Waals surface area (Å²) < 4.78 is 12.1. The molecule has 6 heteroatoms. The van der Waals surface area contributed by atoms with Gasteiger partial charge in [-0.1, -0.05) is 0 Å². The largest absolute Gasteiger partial charge is 0.378 e. The number of hydrogen-bond donors (Lipinski definition) is 0. The summed E-state index contributed by atoms with van der Waals surface area (Å²) in [5.74, 6) is 0.712. The van der Waals surface area contributed by atoms with Crippen molar-refractivity contribution in [3.63, 3.8) is 0 Å². The Balaban J connectivity index is 1.49. The van der Waals surface area contributed by atoms with Gasteiger partial charge in [0, 0.05) is 26.5 Å². The van der Waals surface area contributed by atoms with Gasteiger partial charge < -0.3 is 14.4 Å². The second-order valence-electron chi connectivity index (χ2n) is 7.75. The number of pyridine rings is 1. The number of carbonyl (C=O) groups excluding carboxylic acids is 1. The van der Waals surface area contributed by atoms with Crippen molar-refractivity contribution in [2.75, 3.05) is 20.3 Å². The highest BCUT2D eigenvalue weighted by atomic mass is 16.5. The SMILES string of the molecule is CO[C@@]12CC[C@@H](OCC3CC3)C[C@@H]1N(C(=O)c1ccc(C#N)nc1)CC2. The number of carbonyl (C=O) groups is 1. The van der Waals surface area contributed by atoms with Crippen molar-refractivity contribution in [2.24, 2.45) is 5.92 Å². The summed E-state index contributed by atoms with van der Waals surface area (Å²) in [7, 11) is 1.76. The minimum absolute atomic E-state index is 0.0336. The quantitative estimate of drug-likeness (QED) is 0.811. The zero-order valence-corrected chi connectivity index (χ0v) is 15.2. The number of nitriles is 1. The van der Waals surface area contributed by atoms with E-state index in [4.69, 9.17) is 14.7 Å². The van der Waals surface area contributed by atoms with Crippen LogP contribution in [0.2, 0.25) is 0 Å². The normalized spacial score (nSPS) is 30.7. The van der Waals surface area contributed by atoms with Crippen molar-refractivity contribution in [1.29, 1.82) is 5.26 Å². The summed E-state index contributed by atoms with van der Waals surface area (Å²) in [5.41, 5.74) is 0.590. The molecule has 2 aliphatic carbocycles. The van der Waals surface area contributed by atoms with Crippen LogP contribution in [0.5, 0.6) is 0 Å². The van der Waals surface area contributed by atoms with Crippen LogP contribution in [0, 0.1) is 17.2 Å². The zero-order valence-electron chi connectivity index (χ0n) is 15.2. The Hall–Kier alpha value is -1.97. The van der Waals surface area contributed by atoms with Crippen LogP contribution in [0.1, 0.15) is 54.6 Å². The van der Waals surface area contributed by atoms with Crippen molar-refractivity contribution < 1.29 is 14.3 Å². The molecule has 0 unspecified atom stereocenters. The maximum absolute atomic E-state index is 13.0. The average Bonchev–Trinajstić information content (AvgIpc) is 3.45. The van der Waals surface area contributed by atoms with Gasteiger partial charge in [0.25, 0.3) is 5.91 Å². The Morgan fingerprint density at radius 1 is 1.38 bits per heavy atom. The van der Waals surface area contributed by atoms with E-state index in [2.05, 4.69) is 4.98 Å². The molecule has 0 aromatic carbocycles. The van der Waals surface area contributed by atoms with E-state index in [-0.39, 0.29) is 23.7 Å². The lowest BCUT2D eigenvalue weighted by molar-refractivity contribution is -0.0977. The van der Waals surface area contributed by atoms with Crippen LogP contribution in [0.3, 0.4) is 0 Å². The molecule has 0 radical (unpaired) electrons. The minimum Gasteiger partial charge on any atom is -0.378 e. The van der Waals surface area contributed by atoms with Crippen molar-refractivity contribution in [2.45, 2.75) is 56.3 Å². The molecule has 0 N–H and O–H groups in total. The van der Waals surface area contributed by atoms with E-state index in [1.165, 1.54) is 19.0 Å². The van der Waals surface area contributed by atoms with Crippen LogP contribution in [0.25, 0.3) is 0 Å². The summed E-state index contributed by atoms with van der Waals surface area (Å²) >= 11 is 0. The summed E-state index contributed by atoms with van der Waals surface area (Å²) in [4.78, 5) is 19.0. The zero-order chi connectivity index (χ0) is 18.1. The molecular formula is C20H25N3O3. The standard InChI is InChI=1S/C20H25N3O3/c1-25-20-7-6-17(26-13-14-2-3-14)10-18(20)23(9-8-20)19(24)15-4-5-16(11-21)22-12-15/h4-5,12,14,17-18H,2-3,6-10,13H2,1H3/t17-,18+,20-/m1/s1. The Kier molecular flexibility index (Phi) is 4.68. The summed E-state index contributed by atoms with van der Waals surface area (Å²) in [6.45, 7) is 1.54. The predicted octanol–water partition coefficient (Wildman–Crippen LogP) is 2.53. The van der Waals surface area contributed by atoms with Gasteiger partial charge in [-0.25, -0.2) is 4.98 Å². The lowest BCUT2D eigenvalue weighted by atomic mass is 9.79. The van der Waals surface area contributed by atoms with Crippen LogP contribution in [-0.2, 0) is 9.47 Å². The number of nitrogens with zero attached hydrogens (tertiary/aromatic N) is 3. The molecule has 2 saturated carbocycles. The molecule has 26 heavy (non-hydrogen) atoms. The predicted molar refractivity (Wildman–Crippen MR) is 94.4 cm³/mol. The molecule has 0 bridgehead atoms. The van der Waals surface area contributed by atoms with Gasteiger partial charge in [-0.3, -0.25) is 4.79 Å². The van der Waals surface area contributed by atoms with Crippen molar-refractivity contribution in [1.82, 2.24) is 9.88 Å². The third-order valence-corrected chi connectivity index (χ3v) is 6.19. The first-order valence-electron chi connectivity index (χ1n) is 9.49. The molecule has 3 aliphatic rings. The number of aromatic nitrogens is 1. The van der Waals surface area contributed by atoms with E-state index < -0.39 is 0 Å². The molecule has 1 aliphatic heterocycles. The highest BCUT2D eigenvalue weighted by molar-refractivity contribution is 5.94. The average molecular weight is 355 g/mol. The fraction of sp³-hybridized carbons (Fsp3) is 0.650. The Morgan fingerprint density at radius 2 is 2.23 bits per heavy atom. The summed E-state index contributed by atoms with van der Waals surface area (Å²) in [6, 6.07) is 5.30. The fourth-order valence-electron chi connectivity index (χ4n) is 4.37. The number of amides is 1. The van der Waals surface area contributed by atoms with Gasteiger partial charge >= 0.3 is 0 Å². The van der Waals surface area contributed by atoms with Gasteiger partial charge in [0.2, 0.25) is 0 Å². The number of rotatable bonds is 5. The number of hydrogen-bond acceptors (Lipinski definition) is 5. The molecule has 3 fully saturated rings. The molecule has 0 spiro atoms. The molecule has 1 aromatic rings. The van der Waals surface area contributed by atoms with Gasteiger partial charge in [0.05, 0.1) is 23.3 Å². The Morgan fingerprint density at radius 3 is 2.88 bits per heavy atom. The van der Waals surface area contributed by atoms with Crippen molar-refractivity contribution in [3.05, 3.63) is 29.6 Å². The third kappa shape index (κ3) is 3.22. The smallest absolute Gasteiger partial charge is 0.255 e. The molecule has 4 rings (SSSR count). The van der Waals surface area contributed by atoms with Gasteiger partial charge in [-0.05, 0) is 56.6 Å². The minimum atomic E-state index is -0.255. The van der Waals surface area contributed by atoms with Crippen LogP contribution in [0.4, 0.5) is 0 Å². The fourth-order valence-corrected chi connectivity index (χ4v) is 4.37. The van der Waals surface area contributed by atoms with Crippen LogP contribution in [-0.4, -0.2) is 53.8 Å². The number of ether oxygens (including phenoxy) is 2. The molecule has 1 amide bonds. The maximum Gasteiger partial charge on any atom is 0.255 e. The van der Waals surface area contributed by atoms with Gasteiger partial charge in [-0.15, -0.1) is 0 Å². The highest BCUT2D eigenvalue weighted by Gasteiger charge is 2.52. The van der Waals surface area contributed by atoms with E-state index in [1.54, 1.807) is 19.2 Å². The first-order chi connectivity index (χ1) is 12.6. The van der Waals surface area contributed by atoms with Crippen molar-refractivity contribution >= 4 is 5.91 Å². The Labute approximate surface area is 154 Å². The van der Waals surface area contributed by atoms with Crippen LogP contribution in [0.15, 0.2) is 18.3 Å². The second kappa shape index (κ2) is 6.98. The molecule has 3 atom stereocenters. The highest BCUT2D eigenvalue weighted by Crippen LogP contribution is 2.44. The van der Waals surface area contributed by atoms with Gasteiger partial charge in [0.1, 0.15) is 11.8 Å². The lowest BCUT2D eigenvalue weighted by Gasteiger charge is -2.43. The van der Waals surface area contributed by atoms with E-state index in [1.807, 2.05) is 11.0 Å². The lowest BCUT2D eigenvalue weighted by Crippen LogP contribution is -2.53. The van der Waals surface area contributed by atoms with Crippen molar-refractivity contribution in [3.8, 4) is 6.07 Å². The molecule has 1 aromatic heterocycles. The first kappa shape index (κ1) is 17.4. The number of fused-ring (bicyclic) bond motifs is 1. The second-order valence-corrected chi connectivity index (χ2v) is 7.75. The molecule has 2 heterocycles. The maximum atomic E-state index is 13.0. The summed E-state index contributed by atoms with van der Waals surface area (Å²) in [5, 5.41) is 8.88. The molecule has 6 nitrogen and oxygen atoms in total. The summed E-state index contributed by atoms with van der Waals surface area (Å²) in [6.07, 6.45) is 7.89. The molecule has 138 valence electrons. The van der Waals surface area contributed by atoms with Gasteiger partial charge in [0.15, 0.2) is 0 Å². The Bertz CT molecular complexity index is 710. The molecule has 1 saturated heterocycles. The van der Waals surface area contributed by atoms with E-state index in [0.29, 0.717) is 17.8 Å². The monoisotopic (exact) mass is 355 g/mol. The van der Waals surface area contributed by atoms with E-state index in [9.17, 15) is 4.79 Å². The third-order valence-electron chi connectivity index (χ3n) is 6.19. The van der Waals surface area contributed by atoms with Crippen LogP contribution >= 0.6 is 0 Å².